The molecule has 0 amide bonds. The van der Waals surface area contributed by atoms with Crippen molar-refractivity contribution in [2.45, 2.75) is 54.4 Å². The molecule has 0 aromatic heterocycles. The number of benzene rings is 2. The van der Waals surface area contributed by atoms with Gasteiger partial charge in [-0.2, -0.15) is 0 Å². The first-order chi connectivity index (χ1) is 16.2. The highest BCUT2D eigenvalue weighted by Gasteiger charge is 2.65. The molecule has 4 unspecified atom stereocenters. The van der Waals surface area contributed by atoms with Gasteiger partial charge >= 0.3 is 0 Å². The minimum atomic E-state index is 0.555. The second kappa shape index (κ2) is 6.84. The highest BCUT2D eigenvalue weighted by molar-refractivity contribution is 7.21. The lowest BCUT2D eigenvalue weighted by Crippen LogP contribution is -2.32. The van der Waals surface area contributed by atoms with E-state index < -0.39 is 0 Å². The van der Waals surface area contributed by atoms with Gasteiger partial charge in [0, 0.05) is 42.7 Å². The third kappa shape index (κ3) is 2.87. The van der Waals surface area contributed by atoms with Crippen LogP contribution in [-0.4, -0.2) is 31.2 Å². The number of aromatic nitrogens is 1. The zero-order chi connectivity index (χ0) is 23.6. The van der Waals surface area contributed by atoms with E-state index in [1.807, 2.05) is 11.3 Å². The molecule has 0 bridgehead atoms. The molecule has 2 saturated carbocycles. The maximum Gasteiger partial charge on any atom is 0.201 e. The number of nitrogens with zero attached hydrogens (tertiary/aromatic N) is 3. The largest absolute Gasteiger partial charge is 0.371 e. The minimum Gasteiger partial charge on any atom is -0.371 e. The molecular weight excluding hydrogens is 434 g/mol. The molecule has 3 aliphatic carbocycles. The number of hydrogen-bond donors (Lipinski definition) is 0. The lowest BCUT2D eigenvalue weighted by Gasteiger charge is -2.25. The van der Waals surface area contributed by atoms with Crippen LogP contribution >= 0.6 is 11.3 Å². The fourth-order valence-electron chi connectivity index (χ4n) is 7.53. The zero-order valence-corrected chi connectivity index (χ0v) is 22.4. The van der Waals surface area contributed by atoms with Gasteiger partial charge in [0.1, 0.15) is 13.1 Å². The highest BCUT2D eigenvalue weighted by atomic mass is 32.1. The number of rotatable bonds is 3. The van der Waals surface area contributed by atoms with Crippen LogP contribution in [-0.2, 0) is 12.8 Å². The third-order valence-corrected chi connectivity index (χ3v) is 11.5. The van der Waals surface area contributed by atoms with Gasteiger partial charge in [0.2, 0.25) is 5.36 Å². The van der Waals surface area contributed by atoms with Crippen molar-refractivity contribution in [2.24, 2.45) is 34.5 Å². The fraction of sp³-hybridized carbons (Fsp3) is 0.600. The number of anilines is 1. The lowest BCUT2D eigenvalue weighted by molar-refractivity contribution is 0.439. The Morgan fingerprint density at radius 1 is 0.882 bits per heavy atom. The summed E-state index contributed by atoms with van der Waals surface area (Å²) in [6.07, 6.45) is 2.07. The minimum absolute atomic E-state index is 0.555. The molecule has 3 heterocycles. The third-order valence-electron chi connectivity index (χ3n) is 10.5. The summed E-state index contributed by atoms with van der Waals surface area (Å²) in [4.78, 5) is 9.32. The Hall–Kier alpha value is -1.94. The molecule has 0 radical (unpaired) electrons. The first-order valence-corrected chi connectivity index (χ1v) is 14.3. The van der Waals surface area contributed by atoms with E-state index in [0.29, 0.717) is 10.8 Å². The molecule has 2 saturated heterocycles. The molecule has 34 heavy (non-hydrogen) atoms. The van der Waals surface area contributed by atoms with Crippen molar-refractivity contribution in [3.05, 3.63) is 40.7 Å². The van der Waals surface area contributed by atoms with Crippen molar-refractivity contribution >= 4 is 27.2 Å². The molecule has 0 N–H and O–H groups in total. The monoisotopic (exact) mass is 472 g/mol. The Balaban J connectivity index is 1.34. The van der Waals surface area contributed by atoms with Crippen LogP contribution in [0.5, 0.6) is 0 Å². The van der Waals surface area contributed by atoms with E-state index in [1.165, 1.54) is 69.1 Å². The molecule has 1 aromatic carbocycles. The molecule has 4 heteroatoms. The molecule has 1 aromatic rings. The van der Waals surface area contributed by atoms with Crippen molar-refractivity contribution in [1.29, 1.82) is 0 Å². The van der Waals surface area contributed by atoms with Crippen LogP contribution in [0.3, 0.4) is 0 Å². The summed E-state index contributed by atoms with van der Waals surface area (Å²) in [6.45, 7) is 19.2. The summed E-state index contributed by atoms with van der Waals surface area (Å²) in [5, 5.41) is 1.42. The lowest BCUT2D eigenvalue weighted by atomic mass is 10.0. The van der Waals surface area contributed by atoms with Gasteiger partial charge in [-0.15, -0.1) is 11.3 Å². The van der Waals surface area contributed by atoms with Gasteiger partial charge in [0.05, 0.1) is 20.8 Å². The van der Waals surface area contributed by atoms with Crippen LogP contribution in [0, 0.1) is 34.5 Å². The smallest absolute Gasteiger partial charge is 0.201 e. The Kier molecular flexibility index (Phi) is 4.29. The first kappa shape index (κ1) is 21.4. The van der Waals surface area contributed by atoms with Gasteiger partial charge in [-0.25, -0.2) is 9.56 Å². The number of piperidine rings is 2. The molecule has 4 atom stereocenters. The molecule has 3 nitrogen and oxygen atoms in total. The average molecular weight is 473 g/mol. The van der Waals surface area contributed by atoms with Gasteiger partial charge in [-0.05, 0) is 58.8 Å². The first-order valence-electron chi connectivity index (χ1n) is 13.5. The van der Waals surface area contributed by atoms with Gasteiger partial charge in [0.15, 0.2) is 0 Å². The fourth-order valence-corrected chi connectivity index (χ4v) is 8.67. The standard InChI is InChI=1S/C30H38N3S/c1-7-17-9-19(32-13-21-22(14-32)29(21,3)4)11-25-27(17)31-28-18(8-2)10-20(12-26(28)34-25)33-15-23-24(16-33)30(23,5)6/h9-12,21-24H,7-8,13-16H2,1-6H3/q+1. The topological polar surface area (TPSA) is 19.1 Å². The van der Waals surface area contributed by atoms with Crippen molar-refractivity contribution in [2.75, 3.05) is 31.1 Å². The van der Waals surface area contributed by atoms with Crippen LogP contribution in [0.1, 0.15) is 52.7 Å². The summed E-state index contributed by atoms with van der Waals surface area (Å²) in [6, 6.07) is 9.75. The molecule has 7 rings (SSSR count). The van der Waals surface area contributed by atoms with E-state index in [-0.39, 0.29) is 0 Å². The van der Waals surface area contributed by atoms with Crippen LogP contribution in [0.15, 0.2) is 24.3 Å². The average Bonchev–Trinajstić information content (AvgIpc) is 3.32. The molecule has 3 aliphatic heterocycles. The maximum atomic E-state index is 5.32. The zero-order valence-electron chi connectivity index (χ0n) is 21.6. The number of aryl methyl sites for hydroxylation is 2. The maximum absolute atomic E-state index is 5.32. The summed E-state index contributed by atoms with van der Waals surface area (Å²) in [5.74, 6) is 3.49. The summed E-state index contributed by atoms with van der Waals surface area (Å²) >= 11 is 1.96. The van der Waals surface area contributed by atoms with E-state index in [9.17, 15) is 0 Å². The van der Waals surface area contributed by atoms with E-state index >= 15 is 0 Å². The molecular formula is C30H38N3S+. The van der Waals surface area contributed by atoms with Crippen LogP contribution < -0.4 is 14.8 Å². The quantitative estimate of drug-likeness (QED) is 0.361. The SMILES string of the molecule is CCc1cc(=[N+]2CC3C(C2)C3(C)C)cc2sc3cc(N4CC5C(C4)C5(C)C)cc(CC)c3nc1-2. The highest BCUT2D eigenvalue weighted by Crippen LogP contribution is 2.62. The number of hydrogen-bond acceptors (Lipinski definition) is 3. The predicted molar refractivity (Wildman–Crippen MR) is 144 cm³/mol. The molecule has 6 aliphatic rings. The van der Waals surface area contributed by atoms with Crippen LogP contribution in [0.25, 0.3) is 20.8 Å². The summed E-state index contributed by atoms with van der Waals surface area (Å²) in [5.41, 5.74) is 7.77. The molecule has 4 fully saturated rings. The molecule has 178 valence electrons. The Morgan fingerprint density at radius 2 is 1.53 bits per heavy atom. The normalized spacial score (nSPS) is 30.2. The Labute approximate surface area is 207 Å². The van der Waals surface area contributed by atoms with Crippen molar-refractivity contribution in [1.82, 2.24) is 9.56 Å². The summed E-state index contributed by atoms with van der Waals surface area (Å²) in [7, 11) is 0. The van der Waals surface area contributed by atoms with Crippen LogP contribution in [0.4, 0.5) is 5.69 Å². The van der Waals surface area contributed by atoms with Crippen molar-refractivity contribution in [3.8, 4) is 10.6 Å². The van der Waals surface area contributed by atoms with E-state index in [0.717, 1.165) is 36.5 Å². The number of fused-ring (bicyclic) bond motifs is 4. The predicted octanol–water partition coefficient (Wildman–Crippen LogP) is 5.68. The Bertz CT molecular complexity index is 1350. The van der Waals surface area contributed by atoms with Crippen molar-refractivity contribution < 1.29 is 0 Å². The van der Waals surface area contributed by atoms with Gasteiger partial charge in [-0.3, -0.25) is 0 Å². The second-order valence-corrected chi connectivity index (χ2v) is 13.8. The van der Waals surface area contributed by atoms with E-state index in [2.05, 4.69) is 75.3 Å². The van der Waals surface area contributed by atoms with E-state index in [4.69, 9.17) is 4.98 Å². The van der Waals surface area contributed by atoms with Gasteiger partial charge in [-0.1, -0.05) is 41.5 Å². The second-order valence-electron chi connectivity index (χ2n) is 12.7. The summed E-state index contributed by atoms with van der Waals surface area (Å²) < 4.78 is 3.99. The van der Waals surface area contributed by atoms with Gasteiger partial charge < -0.3 is 4.90 Å². The van der Waals surface area contributed by atoms with Crippen LogP contribution in [0.2, 0.25) is 0 Å². The van der Waals surface area contributed by atoms with Gasteiger partial charge in [0.25, 0.3) is 0 Å². The van der Waals surface area contributed by atoms with Crippen molar-refractivity contribution in [3.63, 3.8) is 0 Å². The Morgan fingerprint density at radius 3 is 2.18 bits per heavy atom. The van der Waals surface area contributed by atoms with E-state index in [1.54, 1.807) is 0 Å². The molecule has 0 spiro atoms.